The summed E-state index contributed by atoms with van der Waals surface area (Å²) < 4.78 is 4.84. The highest BCUT2D eigenvalue weighted by Gasteiger charge is 2.23. The molecule has 0 aliphatic rings. The molecule has 0 amide bonds. The molecule has 0 aliphatic carbocycles. The number of pyridine rings is 1. The summed E-state index contributed by atoms with van der Waals surface area (Å²) in [5.41, 5.74) is -0.343. The van der Waals surface area contributed by atoms with Gasteiger partial charge in [0.05, 0.1) is 16.6 Å². The molecule has 0 aliphatic heterocycles. The van der Waals surface area contributed by atoms with Crippen molar-refractivity contribution in [2.75, 3.05) is 31.7 Å². The van der Waals surface area contributed by atoms with Gasteiger partial charge >= 0.3 is 11.7 Å². The number of nitro groups is 1. The Morgan fingerprint density at radius 2 is 2.37 bits per heavy atom. The Hall–Kier alpha value is -1.93. The van der Waals surface area contributed by atoms with Crippen LogP contribution in [0.15, 0.2) is 12.3 Å². The molecular weight excluding hydrogens is 278 g/mol. The number of anilines is 1. The smallest absolute Gasteiger partial charge is 0.323 e. The number of nitrogens with zero attached hydrogens (tertiary/aromatic N) is 3. The van der Waals surface area contributed by atoms with Crippen LogP contribution in [0.25, 0.3) is 0 Å². The Kier molecular flexibility index (Phi) is 5.46. The number of carbonyl (C=O) groups is 1. The van der Waals surface area contributed by atoms with Crippen LogP contribution >= 0.6 is 11.6 Å². The van der Waals surface area contributed by atoms with Crippen molar-refractivity contribution in [3.8, 4) is 0 Å². The minimum Gasteiger partial charge on any atom is -0.480 e. The molecule has 0 aromatic carbocycles. The van der Waals surface area contributed by atoms with Gasteiger partial charge in [0.1, 0.15) is 6.54 Å². The molecule has 0 spiro atoms. The molecule has 0 unspecified atom stereocenters. The molecule has 9 heteroatoms. The van der Waals surface area contributed by atoms with Crippen LogP contribution in [0.3, 0.4) is 0 Å². The molecular formula is C10H12ClN3O5. The Morgan fingerprint density at radius 1 is 1.68 bits per heavy atom. The van der Waals surface area contributed by atoms with Gasteiger partial charge in [-0.2, -0.15) is 0 Å². The Bertz CT molecular complexity index is 482. The first-order valence-corrected chi connectivity index (χ1v) is 5.59. The lowest BCUT2D eigenvalue weighted by Crippen LogP contribution is -2.33. The second-order valence-corrected chi connectivity index (χ2v) is 4.00. The van der Waals surface area contributed by atoms with Crippen LogP contribution < -0.4 is 4.90 Å². The third-order valence-corrected chi connectivity index (χ3v) is 2.41. The van der Waals surface area contributed by atoms with Gasteiger partial charge in [0.2, 0.25) is 5.82 Å². The minimum atomic E-state index is -1.12. The molecule has 0 radical (unpaired) electrons. The molecule has 8 nitrogen and oxygen atoms in total. The summed E-state index contributed by atoms with van der Waals surface area (Å²) in [6.45, 7) is -0.0359. The largest absolute Gasteiger partial charge is 0.480 e. The molecule has 0 saturated heterocycles. The van der Waals surface area contributed by atoms with E-state index in [0.29, 0.717) is 0 Å². The fraction of sp³-hybridized carbons (Fsp3) is 0.400. The van der Waals surface area contributed by atoms with Crippen LogP contribution in [0.4, 0.5) is 11.5 Å². The molecule has 0 saturated carbocycles. The molecule has 1 heterocycles. The van der Waals surface area contributed by atoms with E-state index in [4.69, 9.17) is 21.4 Å². The number of ether oxygens (including phenoxy) is 1. The summed E-state index contributed by atoms with van der Waals surface area (Å²) in [4.78, 5) is 26.2. The molecule has 1 aromatic heterocycles. The third kappa shape index (κ3) is 4.34. The monoisotopic (exact) mass is 289 g/mol. The zero-order valence-corrected chi connectivity index (χ0v) is 10.8. The number of hydrogen-bond donors (Lipinski definition) is 1. The number of rotatable bonds is 7. The highest BCUT2D eigenvalue weighted by Crippen LogP contribution is 2.28. The average molecular weight is 290 g/mol. The van der Waals surface area contributed by atoms with Crippen LogP contribution in [-0.2, 0) is 9.53 Å². The second kappa shape index (κ2) is 6.86. The van der Waals surface area contributed by atoms with Gasteiger partial charge in [-0.05, 0) is 0 Å². The molecule has 1 rings (SSSR count). The van der Waals surface area contributed by atoms with E-state index in [1.165, 1.54) is 18.2 Å². The first-order chi connectivity index (χ1) is 8.95. The molecule has 1 aromatic rings. The SMILES string of the molecule is COCCN(CC(=O)O)c1ncc(Cl)cc1[N+](=O)[O-]. The first-order valence-electron chi connectivity index (χ1n) is 5.21. The highest BCUT2D eigenvalue weighted by molar-refractivity contribution is 6.30. The van der Waals surface area contributed by atoms with Crippen molar-refractivity contribution in [2.24, 2.45) is 0 Å². The van der Waals surface area contributed by atoms with Crippen molar-refractivity contribution in [2.45, 2.75) is 0 Å². The van der Waals surface area contributed by atoms with Gasteiger partial charge in [0.15, 0.2) is 0 Å². The van der Waals surface area contributed by atoms with Crippen LogP contribution in [0.5, 0.6) is 0 Å². The fourth-order valence-corrected chi connectivity index (χ4v) is 1.58. The topological polar surface area (TPSA) is 106 Å². The molecule has 1 N–H and O–H groups in total. The van der Waals surface area contributed by atoms with E-state index in [1.807, 2.05) is 0 Å². The lowest BCUT2D eigenvalue weighted by atomic mass is 10.3. The van der Waals surface area contributed by atoms with E-state index in [0.717, 1.165) is 6.07 Å². The van der Waals surface area contributed by atoms with Gasteiger partial charge in [-0.15, -0.1) is 0 Å². The van der Waals surface area contributed by atoms with Crippen molar-refractivity contribution in [1.82, 2.24) is 4.98 Å². The zero-order valence-electron chi connectivity index (χ0n) is 10.1. The molecule has 19 heavy (non-hydrogen) atoms. The van der Waals surface area contributed by atoms with E-state index in [1.54, 1.807) is 0 Å². The standard InChI is InChI=1S/C10H12ClN3O5/c1-19-3-2-13(6-9(15)16)10-8(14(17)18)4-7(11)5-12-10/h4-5H,2-3,6H2,1H3,(H,15,16). The maximum Gasteiger partial charge on any atom is 0.323 e. The Balaban J connectivity index is 3.12. The third-order valence-electron chi connectivity index (χ3n) is 2.20. The number of aliphatic carboxylic acids is 1. The lowest BCUT2D eigenvalue weighted by Gasteiger charge is -2.20. The van der Waals surface area contributed by atoms with Crippen LogP contribution in [0, 0.1) is 10.1 Å². The summed E-state index contributed by atoms with van der Waals surface area (Å²) >= 11 is 5.65. The fourth-order valence-electron chi connectivity index (χ4n) is 1.42. The van der Waals surface area contributed by atoms with Crippen LogP contribution in [0.2, 0.25) is 5.02 Å². The van der Waals surface area contributed by atoms with Gasteiger partial charge in [-0.1, -0.05) is 11.6 Å². The number of hydrogen-bond acceptors (Lipinski definition) is 6. The normalized spacial score (nSPS) is 10.2. The predicted molar refractivity (Wildman–Crippen MR) is 67.6 cm³/mol. The van der Waals surface area contributed by atoms with E-state index >= 15 is 0 Å². The Morgan fingerprint density at radius 3 is 2.89 bits per heavy atom. The van der Waals surface area contributed by atoms with Crippen LogP contribution in [0.1, 0.15) is 0 Å². The second-order valence-electron chi connectivity index (χ2n) is 3.56. The number of methoxy groups -OCH3 is 1. The van der Waals surface area contributed by atoms with Gasteiger partial charge < -0.3 is 14.7 Å². The van der Waals surface area contributed by atoms with Gasteiger partial charge in [0.25, 0.3) is 0 Å². The van der Waals surface area contributed by atoms with E-state index in [2.05, 4.69) is 4.98 Å². The van der Waals surface area contributed by atoms with Gasteiger partial charge in [-0.3, -0.25) is 14.9 Å². The molecule has 104 valence electrons. The van der Waals surface area contributed by atoms with Gasteiger partial charge in [-0.25, -0.2) is 4.98 Å². The highest BCUT2D eigenvalue weighted by atomic mass is 35.5. The average Bonchev–Trinajstić information content (AvgIpc) is 2.34. The van der Waals surface area contributed by atoms with E-state index in [9.17, 15) is 14.9 Å². The molecule has 0 fully saturated rings. The summed E-state index contributed by atoms with van der Waals surface area (Å²) in [7, 11) is 1.45. The minimum absolute atomic E-state index is 0.0474. The first kappa shape index (κ1) is 15.1. The quantitative estimate of drug-likeness (QED) is 0.593. The van der Waals surface area contributed by atoms with Crippen LogP contribution in [-0.4, -0.2) is 47.8 Å². The van der Waals surface area contributed by atoms with Gasteiger partial charge in [0, 0.05) is 25.9 Å². The number of halogens is 1. The number of carboxylic acid groups (broad SMARTS) is 1. The van der Waals surface area contributed by atoms with Crippen molar-refractivity contribution < 1.29 is 19.6 Å². The van der Waals surface area contributed by atoms with E-state index in [-0.39, 0.29) is 29.7 Å². The van der Waals surface area contributed by atoms with Crippen molar-refractivity contribution in [3.63, 3.8) is 0 Å². The number of carboxylic acids is 1. The molecule has 0 bridgehead atoms. The number of aromatic nitrogens is 1. The maximum absolute atomic E-state index is 10.9. The van der Waals surface area contributed by atoms with Crippen molar-refractivity contribution >= 4 is 29.1 Å². The summed E-state index contributed by atoms with van der Waals surface area (Å²) in [6, 6.07) is 1.13. The maximum atomic E-state index is 10.9. The summed E-state index contributed by atoms with van der Waals surface area (Å²) in [6.07, 6.45) is 1.23. The zero-order chi connectivity index (χ0) is 14.4. The predicted octanol–water partition coefficient (Wildman–Crippen LogP) is 1.18. The van der Waals surface area contributed by atoms with Crippen molar-refractivity contribution in [1.29, 1.82) is 0 Å². The lowest BCUT2D eigenvalue weighted by molar-refractivity contribution is -0.384. The van der Waals surface area contributed by atoms with Crippen molar-refractivity contribution in [3.05, 3.63) is 27.4 Å². The Labute approximate surface area is 113 Å². The molecule has 0 atom stereocenters. The summed E-state index contributed by atoms with van der Waals surface area (Å²) in [5.74, 6) is -1.17. The summed E-state index contributed by atoms with van der Waals surface area (Å²) in [5, 5.41) is 19.9. The van der Waals surface area contributed by atoms with E-state index < -0.39 is 17.4 Å².